The third-order valence-electron chi connectivity index (χ3n) is 2.53. The normalized spacial score (nSPS) is 9.82. The van der Waals surface area contributed by atoms with Gasteiger partial charge in [0.2, 0.25) is 0 Å². The fourth-order valence-electron chi connectivity index (χ4n) is 1.51. The van der Waals surface area contributed by atoms with Gasteiger partial charge in [0.15, 0.2) is 0 Å². The van der Waals surface area contributed by atoms with Crippen LogP contribution in [-0.2, 0) is 6.54 Å². The number of nitriles is 1. The summed E-state index contributed by atoms with van der Waals surface area (Å²) in [6.45, 7) is 4.49. The number of carbonyl (C=O) groups is 1. The molecule has 0 spiro atoms. The van der Waals surface area contributed by atoms with Crippen LogP contribution in [0.15, 0.2) is 24.3 Å². The lowest BCUT2D eigenvalue weighted by Gasteiger charge is -2.26. The van der Waals surface area contributed by atoms with Crippen molar-refractivity contribution in [3.63, 3.8) is 0 Å². The Morgan fingerprint density at radius 1 is 1.41 bits per heavy atom. The van der Waals surface area contributed by atoms with Crippen LogP contribution in [0.3, 0.4) is 0 Å². The fraction of sp³-hybridized carbons (Fsp3) is 0.385. The second-order valence-electron chi connectivity index (χ2n) is 4.09. The Kier molecular flexibility index (Phi) is 4.53. The molecule has 0 fully saturated rings. The number of hydrogen-bond donors (Lipinski definition) is 1. The second-order valence-corrected chi connectivity index (χ2v) is 4.09. The molecule has 1 N–H and O–H groups in total. The van der Waals surface area contributed by atoms with Crippen LogP contribution < -0.4 is 5.32 Å². The molecule has 0 atom stereocenters. The van der Waals surface area contributed by atoms with E-state index in [1.165, 1.54) is 0 Å². The number of nitrogens with zero attached hydrogens (tertiary/aromatic N) is 2. The molecule has 0 unspecified atom stereocenters. The minimum absolute atomic E-state index is 0.0932. The minimum atomic E-state index is -0.0932. The van der Waals surface area contributed by atoms with E-state index in [0.717, 1.165) is 5.56 Å². The number of nitrogens with one attached hydrogen (secondary N) is 1. The molecule has 0 heterocycles. The average Bonchev–Trinajstić information content (AvgIpc) is 2.35. The van der Waals surface area contributed by atoms with Gasteiger partial charge in [-0.2, -0.15) is 5.26 Å². The van der Waals surface area contributed by atoms with Gasteiger partial charge in [0.1, 0.15) is 0 Å². The lowest BCUT2D eigenvalue weighted by atomic mass is 10.1. The quantitative estimate of drug-likeness (QED) is 0.866. The molecule has 0 saturated heterocycles. The number of carbonyl (C=O) groups excluding carboxylic acids is 1. The predicted molar refractivity (Wildman–Crippen MR) is 66.3 cm³/mol. The van der Waals surface area contributed by atoms with Crippen LogP contribution in [0.2, 0.25) is 0 Å². The number of rotatable bonds is 3. The molecule has 1 aromatic rings. The Morgan fingerprint density at radius 3 is 2.41 bits per heavy atom. The highest BCUT2D eigenvalue weighted by Crippen LogP contribution is 2.09. The lowest BCUT2D eigenvalue weighted by molar-refractivity contribution is 0.182. The van der Waals surface area contributed by atoms with Gasteiger partial charge in [-0.25, -0.2) is 4.79 Å². The standard InChI is InChI=1S/C13H17N3O/c1-10(2)16(13(17)15-3)9-12-6-4-11(8-14)5-7-12/h4-7,10H,9H2,1-3H3,(H,15,17). The van der Waals surface area contributed by atoms with Gasteiger partial charge in [0.05, 0.1) is 11.6 Å². The number of amides is 2. The Morgan fingerprint density at radius 2 is 2.00 bits per heavy atom. The van der Waals surface area contributed by atoms with Crippen molar-refractivity contribution in [2.75, 3.05) is 7.05 Å². The van der Waals surface area contributed by atoms with Crippen LogP contribution in [-0.4, -0.2) is 24.0 Å². The van der Waals surface area contributed by atoms with Crippen LogP contribution in [0.25, 0.3) is 0 Å². The molecule has 0 radical (unpaired) electrons. The molecule has 0 aromatic heterocycles. The van der Waals surface area contributed by atoms with Crippen LogP contribution in [0.5, 0.6) is 0 Å². The first-order chi connectivity index (χ1) is 8.08. The number of hydrogen-bond acceptors (Lipinski definition) is 2. The van der Waals surface area contributed by atoms with Crippen molar-refractivity contribution in [3.05, 3.63) is 35.4 Å². The summed E-state index contributed by atoms with van der Waals surface area (Å²) in [4.78, 5) is 13.4. The number of benzene rings is 1. The molecular formula is C13H17N3O. The summed E-state index contributed by atoms with van der Waals surface area (Å²) in [5.41, 5.74) is 1.64. The third kappa shape index (κ3) is 3.49. The van der Waals surface area contributed by atoms with Crippen LogP contribution >= 0.6 is 0 Å². The molecule has 1 rings (SSSR count). The van der Waals surface area contributed by atoms with Crippen molar-refractivity contribution in [3.8, 4) is 6.07 Å². The zero-order valence-electron chi connectivity index (χ0n) is 10.4. The van der Waals surface area contributed by atoms with Gasteiger partial charge in [-0.05, 0) is 31.5 Å². The summed E-state index contributed by atoms with van der Waals surface area (Å²) in [5.74, 6) is 0. The van der Waals surface area contributed by atoms with Crippen molar-refractivity contribution >= 4 is 6.03 Å². The maximum absolute atomic E-state index is 11.6. The van der Waals surface area contributed by atoms with E-state index in [4.69, 9.17) is 5.26 Å². The monoisotopic (exact) mass is 231 g/mol. The second kappa shape index (κ2) is 5.90. The van der Waals surface area contributed by atoms with E-state index in [-0.39, 0.29) is 12.1 Å². The van der Waals surface area contributed by atoms with Crippen LogP contribution in [0.4, 0.5) is 4.79 Å². The minimum Gasteiger partial charge on any atom is -0.341 e. The fourth-order valence-corrected chi connectivity index (χ4v) is 1.51. The van der Waals surface area contributed by atoms with Gasteiger partial charge in [0, 0.05) is 19.6 Å². The summed E-state index contributed by atoms with van der Waals surface area (Å²) in [6, 6.07) is 9.38. The Hall–Kier alpha value is -2.02. The van der Waals surface area contributed by atoms with Gasteiger partial charge in [-0.3, -0.25) is 0 Å². The Bertz CT molecular complexity index is 417. The molecule has 17 heavy (non-hydrogen) atoms. The van der Waals surface area contributed by atoms with Gasteiger partial charge >= 0.3 is 6.03 Å². The zero-order chi connectivity index (χ0) is 12.8. The maximum atomic E-state index is 11.6. The van der Waals surface area contributed by atoms with E-state index in [0.29, 0.717) is 12.1 Å². The summed E-state index contributed by atoms with van der Waals surface area (Å²) >= 11 is 0. The highest BCUT2D eigenvalue weighted by molar-refractivity contribution is 5.74. The molecule has 2 amide bonds. The Labute approximate surface area is 102 Å². The molecule has 90 valence electrons. The van der Waals surface area contributed by atoms with Gasteiger partial charge in [-0.1, -0.05) is 12.1 Å². The van der Waals surface area contributed by atoms with E-state index in [1.54, 1.807) is 24.1 Å². The third-order valence-corrected chi connectivity index (χ3v) is 2.53. The van der Waals surface area contributed by atoms with E-state index >= 15 is 0 Å². The molecule has 0 bridgehead atoms. The molecule has 0 aliphatic carbocycles. The number of urea groups is 1. The predicted octanol–water partition coefficient (Wildman–Crippen LogP) is 2.11. The van der Waals surface area contributed by atoms with Crippen molar-refractivity contribution in [1.29, 1.82) is 5.26 Å². The molecule has 0 aliphatic rings. The van der Waals surface area contributed by atoms with Gasteiger partial charge in [0.25, 0.3) is 0 Å². The first-order valence-electron chi connectivity index (χ1n) is 5.56. The van der Waals surface area contributed by atoms with Gasteiger partial charge in [-0.15, -0.1) is 0 Å². The summed E-state index contributed by atoms with van der Waals surface area (Å²) in [5, 5.41) is 11.3. The molecule has 0 saturated carbocycles. The first kappa shape index (κ1) is 13.0. The highest BCUT2D eigenvalue weighted by atomic mass is 16.2. The average molecular weight is 231 g/mol. The molecule has 4 nitrogen and oxygen atoms in total. The van der Waals surface area contributed by atoms with E-state index in [1.807, 2.05) is 26.0 Å². The van der Waals surface area contributed by atoms with Crippen molar-refractivity contribution in [1.82, 2.24) is 10.2 Å². The topological polar surface area (TPSA) is 56.1 Å². The maximum Gasteiger partial charge on any atom is 0.317 e. The Balaban J connectivity index is 2.79. The smallest absolute Gasteiger partial charge is 0.317 e. The summed E-state index contributed by atoms with van der Waals surface area (Å²) in [6.07, 6.45) is 0. The van der Waals surface area contributed by atoms with E-state index < -0.39 is 0 Å². The summed E-state index contributed by atoms with van der Waals surface area (Å²) < 4.78 is 0. The van der Waals surface area contributed by atoms with Crippen molar-refractivity contribution < 1.29 is 4.79 Å². The van der Waals surface area contributed by atoms with Crippen molar-refractivity contribution in [2.24, 2.45) is 0 Å². The van der Waals surface area contributed by atoms with Crippen molar-refractivity contribution in [2.45, 2.75) is 26.4 Å². The summed E-state index contributed by atoms with van der Waals surface area (Å²) in [7, 11) is 1.62. The highest BCUT2D eigenvalue weighted by Gasteiger charge is 2.15. The molecule has 1 aromatic carbocycles. The van der Waals surface area contributed by atoms with Crippen LogP contribution in [0, 0.1) is 11.3 Å². The molecule has 4 heteroatoms. The van der Waals surface area contributed by atoms with Crippen LogP contribution in [0.1, 0.15) is 25.0 Å². The molecule has 0 aliphatic heterocycles. The zero-order valence-corrected chi connectivity index (χ0v) is 10.4. The first-order valence-corrected chi connectivity index (χ1v) is 5.56. The molecular weight excluding hydrogens is 214 g/mol. The largest absolute Gasteiger partial charge is 0.341 e. The van der Waals surface area contributed by atoms with E-state index in [2.05, 4.69) is 11.4 Å². The lowest BCUT2D eigenvalue weighted by Crippen LogP contribution is -2.41. The van der Waals surface area contributed by atoms with E-state index in [9.17, 15) is 4.79 Å². The van der Waals surface area contributed by atoms with Gasteiger partial charge < -0.3 is 10.2 Å². The SMILES string of the molecule is CNC(=O)N(Cc1ccc(C#N)cc1)C(C)C.